The zero-order chi connectivity index (χ0) is 24.2. The van der Waals surface area contributed by atoms with Crippen molar-refractivity contribution in [2.45, 2.75) is 37.9 Å². The number of hydrogen-bond acceptors (Lipinski definition) is 5. The molecule has 1 aliphatic carbocycles. The summed E-state index contributed by atoms with van der Waals surface area (Å²) >= 11 is 5.93. The molecule has 0 aromatic heterocycles. The Balaban J connectivity index is 1.51. The lowest BCUT2D eigenvalue weighted by Gasteiger charge is -2.28. The Morgan fingerprint density at radius 1 is 1.03 bits per heavy atom. The highest BCUT2D eigenvalue weighted by Crippen LogP contribution is 2.28. The van der Waals surface area contributed by atoms with E-state index in [1.54, 1.807) is 5.32 Å². The maximum Gasteiger partial charge on any atom is 0.405 e. The van der Waals surface area contributed by atoms with Crippen molar-refractivity contribution in [1.29, 1.82) is 0 Å². The topological polar surface area (TPSA) is 111 Å². The van der Waals surface area contributed by atoms with Gasteiger partial charge in [-0.1, -0.05) is 11.6 Å². The second-order valence-corrected chi connectivity index (χ2v) is 8.12. The first-order valence-electron chi connectivity index (χ1n) is 10.2. The zero-order valence-electron chi connectivity index (χ0n) is 17.2. The van der Waals surface area contributed by atoms with E-state index in [2.05, 4.69) is 21.3 Å². The van der Waals surface area contributed by atoms with E-state index in [0.717, 1.165) is 6.07 Å². The van der Waals surface area contributed by atoms with Crippen LogP contribution >= 0.6 is 11.6 Å². The fourth-order valence-electron chi connectivity index (χ4n) is 3.64. The van der Waals surface area contributed by atoms with Crippen LogP contribution in [0.25, 0.3) is 0 Å². The van der Waals surface area contributed by atoms with Crippen molar-refractivity contribution in [2.24, 2.45) is 5.92 Å². The highest BCUT2D eigenvalue weighted by molar-refractivity contribution is 6.33. The average Bonchev–Trinajstić information content (AvgIpc) is 3.24. The molecule has 0 atom stereocenters. The average molecular weight is 492 g/mol. The molecule has 0 unspecified atom stereocenters. The van der Waals surface area contributed by atoms with E-state index in [9.17, 15) is 31.9 Å². The number of halogens is 5. The number of benzene rings is 1. The molecule has 1 saturated carbocycles. The maximum absolute atomic E-state index is 13.1. The van der Waals surface area contributed by atoms with Gasteiger partial charge in [-0.25, -0.2) is 4.39 Å². The molecule has 1 heterocycles. The minimum absolute atomic E-state index is 0.0242. The Hall–Kier alpha value is -3.02. The summed E-state index contributed by atoms with van der Waals surface area (Å²) in [7, 11) is 0. The minimum atomic E-state index is -4.57. The summed E-state index contributed by atoms with van der Waals surface area (Å²) < 4.78 is 50.1. The summed E-state index contributed by atoms with van der Waals surface area (Å²) in [5, 5.41) is 12.4. The van der Waals surface area contributed by atoms with E-state index in [1.807, 2.05) is 0 Å². The van der Waals surface area contributed by atoms with E-state index in [1.165, 1.54) is 12.1 Å². The number of amides is 3. The Bertz CT molecular complexity index is 962. The van der Waals surface area contributed by atoms with Gasteiger partial charge in [-0.3, -0.25) is 14.4 Å². The predicted octanol–water partition coefficient (Wildman–Crippen LogP) is 2.13. The molecule has 0 saturated heterocycles. The van der Waals surface area contributed by atoms with Crippen LogP contribution in [0.1, 0.15) is 25.7 Å². The Labute approximate surface area is 191 Å². The normalized spacial score (nSPS) is 20.5. The predicted molar refractivity (Wildman–Crippen MR) is 111 cm³/mol. The number of carbonyl (C=O) groups excluding carboxylic acids is 3. The van der Waals surface area contributed by atoms with Crippen molar-refractivity contribution in [3.63, 3.8) is 0 Å². The van der Waals surface area contributed by atoms with Gasteiger partial charge in [-0.15, -0.1) is 0 Å². The summed E-state index contributed by atoms with van der Waals surface area (Å²) in [6.45, 7) is -1.49. The van der Waals surface area contributed by atoms with Gasteiger partial charge in [0.1, 0.15) is 23.8 Å². The quantitative estimate of drug-likeness (QED) is 0.392. The minimum Gasteiger partial charge on any atom is -0.362 e. The summed E-state index contributed by atoms with van der Waals surface area (Å²) in [6, 6.07) is 3.39. The molecule has 0 bridgehead atoms. The zero-order valence-corrected chi connectivity index (χ0v) is 18.0. The van der Waals surface area contributed by atoms with Crippen molar-refractivity contribution < 1.29 is 31.9 Å². The molecule has 5 N–H and O–H groups in total. The van der Waals surface area contributed by atoms with Crippen LogP contribution in [-0.2, 0) is 14.4 Å². The van der Waals surface area contributed by atoms with Gasteiger partial charge >= 0.3 is 6.18 Å². The SMILES string of the molecule is O=C(NCC(F)(F)F)C1=C(C(=O)NC2CCC(C(=O)Nc3ccc(F)cc3Cl)CC2)NCN1. The molecule has 2 aliphatic rings. The van der Waals surface area contributed by atoms with Crippen LogP contribution in [0, 0.1) is 11.7 Å². The summed E-state index contributed by atoms with van der Waals surface area (Å²) in [5.41, 5.74) is -0.0944. The molecule has 1 fully saturated rings. The molecule has 1 aromatic rings. The van der Waals surface area contributed by atoms with Gasteiger partial charge in [0.25, 0.3) is 11.8 Å². The van der Waals surface area contributed by atoms with Gasteiger partial charge in [-0.2, -0.15) is 13.2 Å². The third-order valence-corrected chi connectivity index (χ3v) is 5.62. The highest BCUT2D eigenvalue weighted by atomic mass is 35.5. The number of alkyl halides is 3. The molecule has 33 heavy (non-hydrogen) atoms. The Morgan fingerprint density at radius 2 is 1.67 bits per heavy atom. The van der Waals surface area contributed by atoms with Gasteiger partial charge in [0.05, 0.1) is 17.4 Å². The van der Waals surface area contributed by atoms with Crippen molar-refractivity contribution in [3.05, 3.63) is 40.4 Å². The molecule has 1 aliphatic heterocycles. The van der Waals surface area contributed by atoms with E-state index in [-0.39, 0.29) is 41.0 Å². The molecular weight excluding hydrogens is 470 g/mol. The maximum atomic E-state index is 13.1. The third-order valence-electron chi connectivity index (χ3n) is 5.31. The standard InChI is InChI=1S/C20H22ClF4N5O3/c21-13-7-11(22)3-6-14(13)30-17(31)10-1-4-12(5-2-10)29-19(33)16-15(27-9-28-16)18(32)26-8-20(23,24)25/h3,6-7,10,12,27-28H,1-2,4-5,8-9H2,(H,26,32)(H,29,33)(H,30,31). The molecule has 0 spiro atoms. The van der Waals surface area contributed by atoms with Crippen LogP contribution in [0.3, 0.4) is 0 Å². The lowest BCUT2D eigenvalue weighted by Crippen LogP contribution is -2.42. The Kier molecular flexibility index (Phi) is 7.67. The van der Waals surface area contributed by atoms with Crippen LogP contribution in [0.2, 0.25) is 5.02 Å². The highest BCUT2D eigenvalue weighted by Gasteiger charge is 2.33. The van der Waals surface area contributed by atoms with Crippen LogP contribution < -0.4 is 26.6 Å². The smallest absolute Gasteiger partial charge is 0.362 e. The second kappa shape index (κ2) is 10.3. The lowest BCUT2D eigenvalue weighted by molar-refractivity contribution is -0.136. The fraction of sp³-hybridized carbons (Fsp3) is 0.450. The van der Waals surface area contributed by atoms with Crippen LogP contribution in [0.4, 0.5) is 23.2 Å². The number of hydrogen-bond donors (Lipinski definition) is 5. The van der Waals surface area contributed by atoms with E-state index < -0.39 is 30.4 Å². The van der Waals surface area contributed by atoms with E-state index in [0.29, 0.717) is 31.4 Å². The fourth-order valence-corrected chi connectivity index (χ4v) is 3.85. The molecular formula is C20H22ClF4N5O3. The summed E-state index contributed by atoms with van der Waals surface area (Å²) in [6.07, 6.45) is -2.66. The molecule has 3 rings (SSSR count). The number of carbonyl (C=O) groups is 3. The van der Waals surface area contributed by atoms with Crippen molar-refractivity contribution in [3.8, 4) is 0 Å². The van der Waals surface area contributed by atoms with Crippen LogP contribution in [-0.4, -0.2) is 43.2 Å². The number of rotatable bonds is 6. The van der Waals surface area contributed by atoms with E-state index >= 15 is 0 Å². The van der Waals surface area contributed by atoms with Crippen molar-refractivity contribution >= 4 is 35.0 Å². The van der Waals surface area contributed by atoms with E-state index in [4.69, 9.17) is 11.6 Å². The first kappa shape index (κ1) is 24.6. The molecule has 180 valence electrons. The van der Waals surface area contributed by atoms with Crippen LogP contribution in [0.5, 0.6) is 0 Å². The lowest BCUT2D eigenvalue weighted by atomic mass is 9.85. The van der Waals surface area contributed by atoms with Crippen molar-refractivity contribution in [1.82, 2.24) is 21.3 Å². The summed E-state index contributed by atoms with van der Waals surface area (Å²) in [5.74, 6) is -2.77. The summed E-state index contributed by atoms with van der Waals surface area (Å²) in [4.78, 5) is 37.0. The molecule has 3 amide bonds. The van der Waals surface area contributed by atoms with Crippen LogP contribution in [0.15, 0.2) is 29.6 Å². The largest absolute Gasteiger partial charge is 0.405 e. The Morgan fingerprint density at radius 3 is 2.27 bits per heavy atom. The third kappa shape index (κ3) is 6.73. The molecule has 13 heteroatoms. The number of nitrogens with one attached hydrogen (secondary N) is 5. The number of anilines is 1. The van der Waals surface area contributed by atoms with Gasteiger partial charge in [0.2, 0.25) is 5.91 Å². The first-order valence-corrected chi connectivity index (χ1v) is 10.5. The van der Waals surface area contributed by atoms with Gasteiger partial charge < -0.3 is 26.6 Å². The molecule has 0 radical (unpaired) electrons. The second-order valence-electron chi connectivity index (χ2n) is 7.71. The van der Waals surface area contributed by atoms with Gasteiger partial charge in [0, 0.05) is 12.0 Å². The molecule has 1 aromatic carbocycles. The monoisotopic (exact) mass is 491 g/mol. The first-order chi connectivity index (χ1) is 15.5. The van der Waals surface area contributed by atoms with Crippen molar-refractivity contribution in [2.75, 3.05) is 18.5 Å². The molecule has 8 nitrogen and oxygen atoms in total. The van der Waals surface area contributed by atoms with Gasteiger partial charge in [0.15, 0.2) is 0 Å². The van der Waals surface area contributed by atoms with Gasteiger partial charge in [-0.05, 0) is 43.9 Å².